The Morgan fingerprint density at radius 2 is 1.91 bits per heavy atom. The predicted molar refractivity (Wildman–Crippen MR) is 160 cm³/mol. The lowest BCUT2D eigenvalue weighted by Crippen LogP contribution is -2.57. The van der Waals surface area contributed by atoms with Crippen molar-refractivity contribution in [2.24, 2.45) is 0 Å². The van der Waals surface area contributed by atoms with Gasteiger partial charge in [0, 0.05) is 39.4 Å². The number of rotatable bonds is 4. The zero-order valence-corrected chi connectivity index (χ0v) is 24.3. The van der Waals surface area contributed by atoms with Gasteiger partial charge < -0.3 is 19.8 Å². The summed E-state index contributed by atoms with van der Waals surface area (Å²) in [6.45, 7) is 10.6. The van der Waals surface area contributed by atoms with Crippen molar-refractivity contribution in [3.05, 3.63) is 76.5 Å². The summed E-state index contributed by atoms with van der Waals surface area (Å²) in [6.07, 6.45) is 2.91. The van der Waals surface area contributed by atoms with Gasteiger partial charge in [-0.3, -0.25) is 9.78 Å². The van der Waals surface area contributed by atoms with Crippen LogP contribution in [0.5, 0.6) is 5.75 Å². The molecule has 1 saturated heterocycles. The lowest BCUT2D eigenvalue weighted by molar-refractivity contribution is -0.126. The average molecular weight is 588 g/mol. The van der Waals surface area contributed by atoms with Crippen molar-refractivity contribution in [3.63, 3.8) is 0 Å². The number of hydrogen-bond acceptors (Lipinski definition) is 8. The van der Waals surface area contributed by atoms with E-state index in [1.165, 1.54) is 22.8 Å². The molecule has 1 aromatic carbocycles. The maximum atomic E-state index is 16.7. The minimum atomic E-state index is -0.867. The fourth-order valence-corrected chi connectivity index (χ4v) is 6.19. The molecule has 1 unspecified atom stereocenters. The number of pyridine rings is 2. The molecule has 1 N–H and O–H groups in total. The van der Waals surface area contributed by atoms with E-state index in [1.807, 2.05) is 25.7 Å². The zero-order chi connectivity index (χ0) is 30.7. The topological polar surface area (TPSA) is 108 Å². The minimum absolute atomic E-state index is 0.0548. The molecule has 2 aliphatic heterocycles. The maximum absolute atomic E-state index is 16.7. The number of aromatic nitrogens is 4. The number of phenols is 1. The van der Waals surface area contributed by atoms with Crippen LogP contribution in [0.1, 0.15) is 31.0 Å². The molecule has 0 bridgehead atoms. The predicted octanol–water partition coefficient (Wildman–Crippen LogP) is 3.91. The van der Waals surface area contributed by atoms with Gasteiger partial charge in [0.15, 0.2) is 11.5 Å². The Hall–Kier alpha value is -4.87. The van der Waals surface area contributed by atoms with E-state index in [0.717, 1.165) is 11.6 Å². The number of halogens is 2. The summed E-state index contributed by atoms with van der Waals surface area (Å²) < 4.78 is 33.3. The molecule has 0 spiro atoms. The molecule has 12 heteroatoms. The number of piperazine rings is 1. The summed E-state index contributed by atoms with van der Waals surface area (Å²) in [4.78, 5) is 45.5. The quantitative estimate of drug-likeness (QED) is 0.358. The molecule has 4 aromatic rings. The van der Waals surface area contributed by atoms with Crippen molar-refractivity contribution < 1.29 is 18.7 Å². The maximum Gasteiger partial charge on any atom is 0.355 e. The second-order valence-electron chi connectivity index (χ2n) is 11.2. The average Bonchev–Trinajstić information content (AvgIpc) is 3.08. The molecule has 0 radical (unpaired) electrons. The Morgan fingerprint density at radius 3 is 2.60 bits per heavy atom. The monoisotopic (exact) mass is 587 g/mol. The smallest absolute Gasteiger partial charge is 0.355 e. The van der Waals surface area contributed by atoms with Crippen LogP contribution in [0, 0.1) is 18.6 Å². The highest BCUT2D eigenvalue weighted by atomic mass is 19.1. The summed E-state index contributed by atoms with van der Waals surface area (Å²) in [5.41, 5.74) is 0.381. The minimum Gasteiger partial charge on any atom is -0.507 e. The number of carbonyl (C=O) groups is 1. The second-order valence-corrected chi connectivity index (χ2v) is 11.2. The van der Waals surface area contributed by atoms with Crippen molar-refractivity contribution >= 4 is 28.4 Å². The number of likely N-dealkylation sites (N-methyl/N-ethyl adjacent to an activating group) is 1. The van der Waals surface area contributed by atoms with Gasteiger partial charge in [-0.2, -0.15) is 4.98 Å². The van der Waals surface area contributed by atoms with E-state index in [-0.39, 0.29) is 47.0 Å². The van der Waals surface area contributed by atoms with E-state index < -0.39 is 34.3 Å². The Morgan fingerprint density at radius 1 is 1.14 bits per heavy atom. The largest absolute Gasteiger partial charge is 0.507 e. The fourth-order valence-electron chi connectivity index (χ4n) is 6.19. The standard InChI is InChI=1S/C31H31F2N7O3/c1-6-21(42)38-12-13-39-18(15-38)14-37(5)28-23-29(39)36-31(43)40(27-17(4)10-11-34-25(27)16(2)3)30(23)35-26(24(28)33)22-19(32)8-7-9-20(22)41/h6-11,16,18,41H,1,12-15H2,2-5H3. The first-order chi connectivity index (χ1) is 20.5. The van der Waals surface area contributed by atoms with Gasteiger partial charge in [-0.05, 0) is 42.7 Å². The van der Waals surface area contributed by atoms with Crippen molar-refractivity contribution in [2.45, 2.75) is 32.7 Å². The number of nitrogens with zero attached hydrogens (tertiary/aromatic N) is 7. The molecular weight excluding hydrogens is 556 g/mol. The van der Waals surface area contributed by atoms with Crippen LogP contribution in [0.15, 0.2) is 47.9 Å². The number of amides is 1. The summed E-state index contributed by atoms with van der Waals surface area (Å²) in [5, 5.41) is 10.9. The van der Waals surface area contributed by atoms with E-state index in [9.17, 15) is 14.7 Å². The van der Waals surface area contributed by atoms with Gasteiger partial charge in [0.25, 0.3) is 0 Å². The van der Waals surface area contributed by atoms with Gasteiger partial charge in [0.1, 0.15) is 23.1 Å². The molecule has 43 heavy (non-hydrogen) atoms. The van der Waals surface area contributed by atoms with Gasteiger partial charge in [-0.25, -0.2) is 23.1 Å². The van der Waals surface area contributed by atoms with Crippen molar-refractivity contribution in [1.29, 1.82) is 0 Å². The highest BCUT2D eigenvalue weighted by molar-refractivity contribution is 6.02. The van der Waals surface area contributed by atoms with E-state index in [2.05, 4.69) is 21.5 Å². The van der Waals surface area contributed by atoms with Crippen LogP contribution in [0.2, 0.25) is 0 Å². The number of aromatic hydroxyl groups is 1. The zero-order valence-electron chi connectivity index (χ0n) is 24.3. The Labute approximate surface area is 246 Å². The molecule has 222 valence electrons. The molecule has 10 nitrogen and oxygen atoms in total. The van der Waals surface area contributed by atoms with Crippen LogP contribution in [-0.2, 0) is 4.79 Å². The summed E-state index contributed by atoms with van der Waals surface area (Å²) in [5.74, 6) is -2.31. The normalized spacial score (nSPS) is 16.4. The highest BCUT2D eigenvalue weighted by Crippen LogP contribution is 2.44. The van der Waals surface area contributed by atoms with Gasteiger partial charge in [0.2, 0.25) is 5.91 Å². The van der Waals surface area contributed by atoms with E-state index in [4.69, 9.17) is 0 Å². The van der Waals surface area contributed by atoms with Crippen molar-refractivity contribution in [3.8, 4) is 22.7 Å². The third-order valence-electron chi connectivity index (χ3n) is 8.18. The molecule has 0 saturated carbocycles. The number of aryl methyl sites for hydroxylation is 1. The molecule has 1 fully saturated rings. The summed E-state index contributed by atoms with van der Waals surface area (Å²) in [6, 6.07) is 5.09. The number of carbonyl (C=O) groups excluding carboxylic acids is 1. The fraction of sp³-hybridized carbons (Fsp3) is 0.323. The van der Waals surface area contributed by atoms with Gasteiger partial charge in [-0.1, -0.05) is 26.5 Å². The Kier molecular flexibility index (Phi) is 6.86. The Bertz CT molecular complexity index is 1850. The van der Waals surface area contributed by atoms with Crippen LogP contribution >= 0.6 is 0 Å². The van der Waals surface area contributed by atoms with E-state index >= 15 is 8.78 Å². The van der Waals surface area contributed by atoms with Gasteiger partial charge >= 0.3 is 5.69 Å². The Balaban J connectivity index is 1.75. The first kappa shape index (κ1) is 28.3. The number of fused-ring (bicyclic) bond motifs is 2. The number of phenolic OH excluding ortho intramolecular Hbond substituents is 1. The van der Waals surface area contributed by atoms with Gasteiger partial charge in [0.05, 0.1) is 34.1 Å². The lowest BCUT2D eigenvalue weighted by Gasteiger charge is -2.41. The molecule has 2 aliphatic rings. The summed E-state index contributed by atoms with van der Waals surface area (Å²) in [7, 11) is 1.69. The van der Waals surface area contributed by atoms with Crippen molar-refractivity contribution in [1.82, 2.24) is 24.4 Å². The molecule has 1 amide bonds. The number of benzene rings is 1. The SMILES string of the molecule is C=CC(=O)N1CCN2c3nc(=O)n(-c4c(C)ccnc4C(C)C)c4nc(-c5c(O)cccc5F)c(F)c(c34)N(C)CC2C1. The third kappa shape index (κ3) is 4.39. The molecule has 0 aliphatic carbocycles. The van der Waals surface area contributed by atoms with Crippen LogP contribution in [-0.4, -0.2) is 74.7 Å². The molecule has 5 heterocycles. The van der Waals surface area contributed by atoms with E-state index in [0.29, 0.717) is 31.0 Å². The van der Waals surface area contributed by atoms with Gasteiger partial charge in [-0.15, -0.1) is 0 Å². The van der Waals surface area contributed by atoms with Crippen LogP contribution < -0.4 is 15.5 Å². The molecule has 1 atom stereocenters. The third-order valence-corrected chi connectivity index (χ3v) is 8.18. The first-order valence-electron chi connectivity index (χ1n) is 14.0. The highest BCUT2D eigenvalue weighted by Gasteiger charge is 2.38. The first-order valence-corrected chi connectivity index (χ1v) is 14.0. The summed E-state index contributed by atoms with van der Waals surface area (Å²) >= 11 is 0. The van der Waals surface area contributed by atoms with Crippen LogP contribution in [0.25, 0.3) is 28.0 Å². The van der Waals surface area contributed by atoms with Crippen LogP contribution in [0.3, 0.4) is 0 Å². The lowest BCUT2D eigenvalue weighted by atomic mass is 10.0. The van der Waals surface area contributed by atoms with Crippen LogP contribution in [0.4, 0.5) is 20.3 Å². The second kappa shape index (κ2) is 10.4. The van der Waals surface area contributed by atoms with Crippen molar-refractivity contribution in [2.75, 3.05) is 43.0 Å². The number of hydrogen-bond donors (Lipinski definition) is 1. The van der Waals surface area contributed by atoms with E-state index in [1.54, 1.807) is 29.1 Å². The molecule has 3 aromatic heterocycles. The molecular formula is C31H31F2N7O3. The molecule has 6 rings (SSSR count). The number of anilines is 2.